The highest BCUT2D eigenvalue weighted by Gasteiger charge is 2.35. The average Bonchev–Trinajstić information content (AvgIpc) is 2.34. The maximum Gasteiger partial charge on any atom is 0.315 e. The van der Waals surface area contributed by atoms with Gasteiger partial charge in [0.1, 0.15) is 0 Å². The van der Waals surface area contributed by atoms with Crippen molar-refractivity contribution in [1.29, 1.82) is 0 Å². The molecule has 0 aromatic heterocycles. The third kappa shape index (κ3) is 5.77. The molecule has 19 heavy (non-hydrogen) atoms. The van der Waals surface area contributed by atoms with Gasteiger partial charge < -0.3 is 15.7 Å². The van der Waals surface area contributed by atoms with Crippen LogP contribution in [-0.2, 0) is 4.79 Å². The minimum absolute atomic E-state index is 0.00921. The Labute approximate surface area is 114 Å². The fourth-order valence-corrected chi connectivity index (χ4v) is 2.58. The number of aliphatic carboxylic acids is 1. The lowest BCUT2D eigenvalue weighted by Gasteiger charge is -2.36. The number of allylic oxidation sites excluding steroid dienone is 1. The lowest BCUT2D eigenvalue weighted by Crippen LogP contribution is -2.54. The number of carbonyl (C=O) groups excluding carboxylic acids is 1. The van der Waals surface area contributed by atoms with Crippen LogP contribution in [0, 0.1) is 0 Å². The van der Waals surface area contributed by atoms with Gasteiger partial charge in [0.2, 0.25) is 0 Å². The predicted molar refractivity (Wildman–Crippen MR) is 74.0 cm³/mol. The van der Waals surface area contributed by atoms with E-state index in [1.165, 1.54) is 0 Å². The largest absolute Gasteiger partial charge is 0.481 e. The van der Waals surface area contributed by atoms with Crippen molar-refractivity contribution in [3.8, 4) is 0 Å². The summed E-state index contributed by atoms with van der Waals surface area (Å²) in [6, 6.07) is -0.257. The van der Waals surface area contributed by atoms with E-state index < -0.39 is 11.5 Å². The van der Waals surface area contributed by atoms with Crippen molar-refractivity contribution in [2.75, 3.05) is 6.54 Å². The quantitative estimate of drug-likeness (QED) is 0.511. The summed E-state index contributed by atoms with van der Waals surface area (Å²) in [6.07, 6.45) is 9.29. The number of rotatable bonds is 6. The van der Waals surface area contributed by atoms with E-state index in [0.717, 1.165) is 38.5 Å². The molecule has 2 amide bonds. The molecule has 3 N–H and O–H groups in total. The maximum atomic E-state index is 11.8. The second-order valence-electron chi connectivity index (χ2n) is 5.15. The topological polar surface area (TPSA) is 78.4 Å². The van der Waals surface area contributed by atoms with E-state index in [-0.39, 0.29) is 12.5 Å². The third-order valence-electron chi connectivity index (χ3n) is 3.51. The molecule has 0 atom stereocenters. The van der Waals surface area contributed by atoms with Gasteiger partial charge in [0.05, 0.1) is 12.0 Å². The van der Waals surface area contributed by atoms with Gasteiger partial charge in [-0.05, 0) is 26.2 Å². The van der Waals surface area contributed by atoms with Crippen molar-refractivity contribution in [3.05, 3.63) is 12.2 Å². The summed E-state index contributed by atoms with van der Waals surface area (Å²) in [6.45, 7) is 2.50. The molecule has 0 aromatic carbocycles. The van der Waals surface area contributed by atoms with Crippen LogP contribution in [-0.4, -0.2) is 29.2 Å². The maximum absolute atomic E-state index is 11.8. The summed E-state index contributed by atoms with van der Waals surface area (Å²) < 4.78 is 0. The van der Waals surface area contributed by atoms with E-state index in [2.05, 4.69) is 10.6 Å². The van der Waals surface area contributed by atoms with Gasteiger partial charge in [0, 0.05) is 6.54 Å². The zero-order valence-corrected chi connectivity index (χ0v) is 11.6. The summed E-state index contributed by atoms with van der Waals surface area (Å²) in [7, 11) is 0. The molecule has 0 heterocycles. The zero-order chi connectivity index (χ0) is 14.1. The Kier molecular flexibility index (Phi) is 6.39. The first-order chi connectivity index (χ1) is 9.08. The van der Waals surface area contributed by atoms with Crippen molar-refractivity contribution in [2.24, 2.45) is 0 Å². The van der Waals surface area contributed by atoms with Crippen LogP contribution in [0.2, 0.25) is 0 Å². The van der Waals surface area contributed by atoms with Gasteiger partial charge in [0.15, 0.2) is 0 Å². The lowest BCUT2D eigenvalue weighted by molar-refractivity contribution is -0.139. The number of carboxylic acids is 1. The van der Waals surface area contributed by atoms with Crippen molar-refractivity contribution in [1.82, 2.24) is 10.6 Å². The Morgan fingerprint density at radius 2 is 1.95 bits per heavy atom. The summed E-state index contributed by atoms with van der Waals surface area (Å²) >= 11 is 0. The molecule has 1 aliphatic carbocycles. The molecule has 0 spiro atoms. The highest BCUT2D eigenvalue weighted by Crippen LogP contribution is 2.31. The van der Waals surface area contributed by atoms with Crippen LogP contribution in [0.15, 0.2) is 12.2 Å². The van der Waals surface area contributed by atoms with Gasteiger partial charge in [-0.3, -0.25) is 4.79 Å². The molecule has 0 bridgehead atoms. The smallest absolute Gasteiger partial charge is 0.315 e. The van der Waals surface area contributed by atoms with Gasteiger partial charge in [-0.2, -0.15) is 0 Å². The van der Waals surface area contributed by atoms with E-state index in [0.29, 0.717) is 6.54 Å². The zero-order valence-electron chi connectivity index (χ0n) is 11.6. The van der Waals surface area contributed by atoms with Crippen molar-refractivity contribution in [2.45, 2.75) is 57.4 Å². The van der Waals surface area contributed by atoms with Crippen LogP contribution < -0.4 is 10.6 Å². The molecule has 0 aliphatic heterocycles. The Morgan fingerprint density at radius 1 is 1.26 bits per heavy atom. The summed E-state index contributed by atoms with van der Waals surface area (Å²) in [4.78, 5) is 22.8. The highest BCUT2D eigenvalue weighted by atomic mass is 16.4. The van der Waals surface area contributed by atoms with Crippen LogP contribution in [0.3, 0.4) is 0 Å². The SMILES string of the molecule is C/C=C/CCNC(=O)NC1(CC(=O)O)CCCCC1. The molecule has 5 heteroatoms. The first-order valence-corrected chi connectivity index (χ1v) is 6.97. The average molecular weight is 268 g/mol. The summed E-state index contributed by atoms with van der Waals surface area (Å²) in [5.74, 6) is -0.851. The number of amides is 2. The van der Waals surface area contributed by atoms with Crippen LogP contribution in [0.4, 0.5) is 4.79 Å². The molecule has 1 saturated carbocycles. The van der Waals surface area contributed by atoms with E-state index in [1.54, 1.807) is 0 Å². The molecule has 108 valence electrons. The second kappa shape index (κ2) is 7.81. The van der Waals surface area contributed by atoms with Gasteiger partial charge >= 0.3 is 12.0 Å². The number of carboxylic acid groups (broad SMARTS) is 1. The number of hydrogen-bond donors (Lipinski definition) is 3. The number of nitrogens with one attached hydrogen (secondary N) is 2. The van der Waals surface area contributed by atoms with Gasteiger partial charge in [-0.25, -0.2) is 4.79 Å². The molecule has 0 unspecified atom stereocenters. The molecular weight excluding hydrogens is 244 g/mol. The monoisotopic (exact) mass is 268 g/mol. The van der Waals surface area contributed by atoms with Gasteiger partial charge in [-0.15, -0.1) is 0 Å². The van der Waals surface area contributed by atoms with E-state index in [1.807, 2.05) is 19.1 Å². The lowest BCUT2D eigenvalue weighted by atomic mass is 9.79. The van der Waals surface area contributed by atoms with E-state index >= 15 is 0 Å². The third-order valence-corrected chi connectivity index (χ3v) is 3.51. The molecule has 5 nitrogen and oxygen atoms in total. The van der Waals surface area contributed by atoms with Gasteiger partial charge in [0.25, 0.3) is 0 Å². The Morgan fingerprint density at radius 3 is 2.53 bits per heavy atom. The molecule has 0 saturated heterocycles. The molecule has 0 aromatic rings. The number of hydrogen-bond acceptors (Lipinski definition) is 2. The van der Waals surface area contributed by atoms with Crippen LogP contribution in [0.25, 0.3) is 0 Å². The highest BCUT2D eigenvalue weighted by molar-refractivity contribution is 5.76. The first kappa shape index (κ1) is 15.5. The summed E-state index contributed by atoms with van der Waals surface area (Å²) in [5.41, 5.74) is -0.561. The van der Waals surface area contributed by atoms with Crippen molar-refractivity contribution >= 4 is 12.0 Å². The molecule has 1 fully saturated rings. The van der Waals surface area contributed by atoms with Crippen LogP contribution >= 0.6 is 0 Å². The molecular formula is C14H24N2O3. The first-order valence-electron chi connectivity index (χ1n) is 6.97. The standard InChI is InChI=1S/C14H24N2O3/c1-2-3-7-10-15-13(19)16-14(11-12(17)18)8-5-4-6-9-14/h2-3H,4-11H2,1H3,(H,17,18)(H2,15,16,19)/b3-2+. The van der Waals surface area contributed by atoms with Crippen LogP contribution in [0.1, 0.15) is 51.9 Å². The second-order valence-corrected chi connectivity index (χ2v) is 5.15. The van der Waals surface area contributed by atoms with Crippen molar-refractivity contribution < 1.29 is 14.7 Å². The molecule has 1 aliphatic rings. The normalized spacial score (nSPS) is 18.2. The van der Waals surface area contributed by atoms with E-state index in [9.17, 15) is 9.59 Å². The minimum Gasteiger partial charge on any atom is -0.481 e. The van der Waals surface area contributed by atoms with Crippen molar-refractivity contribution in [3.63, 3.8) is 0 Å². The fraction of sp³-hybridized carbons (Fsp3) is 0.714. The molecule has 0 radical (unpaired) electrons. The summed E-state index contributed by atoms with van der Waals surface area (Å²) in [5, 5.41) is 14.7. The van der Waals surface area contributed by atoms with Gasteiger partial charge in [-0.1, -0.05) is 31.4 Å². The van der Waals surface area contributed by atoms with Crippen LogP contribution in [0.5, 0.6) is 0 Å². The fourth-order valence-electron chi connectivity index (χ4n) is 2.58. The molecule has 1 rings (SSSR count). The van der Waals surface area contributed by atoms with E-state index in [4.69, 9.17) is 5.11 Å². The predicted octanol–water partition coefficient (Wildman–Crippen LogP) is 2.43. The Hall–Kier alpha value is -1.52. The Balaban J connectivity index is 2.47. The Bertz CT molecular complexity index is 334. The minimum atomic E-state index is -0.851. The number of carbonyl (C=O) groups is 2. The number of urea groups is 1.